The molecule has 2 rings (SSSR count). The van der Waals surface area contributed by atoms with Crippen LogP contribution in [0.2, 0.25) is 0 Å². The zero-order chi connectivity index (χ0) is 20.7. The quantitative estimate of drug-likeness (QED) is 0.513. The molecular weight excluding hydrogens is 387 g/mol. The summed E-state index contributed by atoms with van der Waals surface area (Å²) in [6, 6.07) is 7.32. The molecular formula is C19H23FN2O5S. The monoisotopic (exact) mass is 410 g/mol. The fraction of sp³-hybridized carbons (Fsp3) is 0.368. The number of furan rings is 1. The van der Waals surface area contributed by atoms with E-state index in [9.17, 15) is 22.4 Å². The van der Waals surface area contributed by atoms with Gasteiger partial charge in [-0.15, -0.1) is 0 Å². The van der Waals surface area contributed by atoms with E-state index < -0.39 is 32.7 Å². The van der Waals surface area contributed by atoms with Gasteiger partial charge < -0.3 is 15.1 Å². The first-order valence-electron chi connectivity index (χ1n) is 8.80. The van der Waals surface area contributed by atoms with Crippen molar-refractivity contribution in [2.24, 2.45) is 5.92 Å². The Kier molecular flexibility index (Phi) is 7.33. The molecule has 152 valence electrons. The molecule has 0 bridgehead atoms. The highest BCUT2D eigenvalue weighted by molar-refractivity contribution is 7.91. The van der Waals surface area contributed by atoms with Gasteiger partial charge in [0, 0.05) is 13.1 Å². The Hall–Kier alpha value is -2.68. The third kappa shape index (κ3) is 5.66. The van der Waals surface area contributed by atoms with Crippen LogP contribution in [0.4, 0.5) is 4.39 Å². The third-order valence-corrected chi connectivity index (χ3v) is 6.12. The minimum absolute atomic E-state index is 0.102. The minimum Gasteiger partial charge on any atom is -0.468 e. The number of sulfone groups is 1. The summed E-state index contributed by atoms with van der Waals surface area (Å²) in [6.45, 7) is 3.95. The van der Waals surface area contributed by atoms with Crippen LogP contribution in [0, 0.1) is 11.7 Å². The van der Waals surface area contributed by atoms with Crippen LogP contribution >= 0.6 is 0 Å². The van der Waals surface area contributed by atoms with E-state index in [1.54, 1.807) is 0 Å². The summed E-state index contributed by atoms with van der Waals surface area (Å²) in [5.41, 5.74) is 0. The van der Waals surface area contributed by atoms with Crippen molar-refractivity contribution in [3.8, 4) is 0 Å². The molecule has 1 heterocycles. The van der Waals surface area contributed by atoms with Gasteiger partial charge in [-0.25, -0.2) is 12.8 Å². The molecule has 9 heteroatoms. The molecule has 0 fully saturated rings. The average molecular weight is 410 g/mol. The van der Waals surface area contributed by atoms with Gasteiger partial charge in [0.1, 0.15) is 16.8 Å². The normalized spacial score (nSPS) is 12.6. The summed E-state index contributed by atoms with van der Waals surface area (Å²) in [5.74, 6) is -1.87. The topological polar surface area (TPSA) is 105 Å². The standard InChI is InChI=1S/C19H23FN2O5S/c1-13(2)9-10-21-18(23)19(24)22-12-17(16-4-3-11-27-16)28(25,26)15-7-5-14(20)6-8-15/h3-8,11,13,17H,9-10,12H2,1-2H3,(H,21,23)(H,22,24)/t17-/m1/s1. The van der Waals surface area contributed by atoms with Crippen LogP contribution in [-0.2, 0) is 19.4 Å². The van der Waals surface area contributed by atoms with Crippen LogP contribution in [0.1, 0.15) is 31.3 Å². The van der Waals surface area contributed by atoms with Crippen molar-refractivity contribution in [1.29, 1.82) is 0 Å². The Morgan fingerprint density at radius 3 is 2.29 bits per heavy atom. The molecule has 2 aromatic rings. The Labute approximate surface area is 163 Å². The van der Waals surface area contributed by atoms with Gasteiger partial charge in [0.15, 0.2) is 9.84 Å². The number of hydrogen-bond acceptors (Lipinski definition) is 5. The van der Waals surface area contributed by atoms with E-state index >= 15 is 0 Å². The lowest BCUT2D eigenvalue weighted by Crippen LogP contribution is -2.42. The zero-order valence-corrected chi connectivity index (χ0v) is 16.5. The lowest BCUT2D eigenvalue weighted by Gasteiger charge is -2.16. The van der Waals surface area contributed by atoms with E-state index in [0.29, 0.717) is 18.9 Å². The highest BCUT2D eigenvalue weighted by Crippen LogP contribution is 2.29. The molecule has 1 aromatic heterocycles. The molecule has 0 aliphatic heterocycles. The Morgan fingerprint density at radius 2 is 1.71 bits per heavy atom. The molecule has 2 N–H and O–H groups in total. The zero-order valence-electron chi connectivity index (χ0n) is 15.6. The Balaban J connectivity index is 2.11. The molecule has 0 spiro atoms. The van der Waals surface area contributed by atoms with Crippen molar-refractivity contribution < 1.29 is 26.8 Å². The lowest BCUT2D eigenvalue weighted by molar-refractivity contribution is -0.139. The van der Waals surface area contributed by atoms with Gasteiger partial charge in [-0.1, -0.05) is 13.8 Å². The summed E-state index contributed by atoms with van der Waals surface area (Å²) in [7, 11) is -4.00. The van der Waals surface area contributed by atoms with Crippen LogP contribution in [0.25, 0.3) is 0 Å². The molecule has 0 saturated carbocycles. The molecule has 1 aromatic carbocycles. The largest absolute Gasteiger partial charge is 0.468 e. The van der Waals surface area contributed by atoms with Crippen LogP contribution < -0.4 is 10.6 Å². The maximum Gasteiger partial charge on any atom is 0.309 e. The first-order chi connectivity index (χ1) is 13.2. The number of carbonyl (C=O) groups is 2. The molecule has 0 saturated heterocycles. The second-order valence-electron chi connectivity index (χ2n) is 6.65. The number of nitrogens with one attached hydrogen (secondary N) is 2. The number of rotatable bonds is 8. The molecule has 2 amide bonds. The fourth-order valence-electron chi connectivity index (χ4n) is 2.45. The second kappa shape index (κ2) is 9.50. The Morgan fingerprint density at radius 1 is 1.07 bits per heavy atom. The van der Waals surface area contributed by atoms with E-state index in [2.05, 4.69) is 10.6 Å². The number of amides is 2. The third-order valence-electron chi connectivity index (χ3n) is 4.04. The van der Waals surface area contributed by atoms with Gasteiger partial charge in [0.05, 0.1) is 11.2 Å². The van der Waals surface area contributed by atoms with Gasteiger partial charge in [-0.3, -0.25) is 9.59 Å². The van der Waals surface area contributed by atoms with Gasteiger partial charge in [-0.2, -0.15) is 0 Å². The minimum atomic E-state index is -4.00. The predicted octanol–water partition coefficient (Wildman–Crippen LogP) is 2.21. The van der Waals surface area contributed by atoms with Crippen molar-refractivity contribution in [1.82, 2.24) is 10.6 Å². The lowest BCUT2D eigenvalue weighted by atomic mass is 10.1. The number of halogens is 1. The molecule has 28 heavy (non-hydrogen) atoms. The summed E-state index contributed by atoms with van der Waals surface area (Å²) in [4.78, 5) is 23.7. The van der Waals surface area contributed by atoms with Crippen molar-refractivity contribution >= 4 is 21.7 Å². The molecule has 0 aliphatic rings. The molecule has 1 atom stereocenters. The van der Waals surface area contributed by atoms with E-state index in [-0.39, 0.29) is 17.2 Å². The number of benzene rings is 1. The van der Waals surface area contributed by atoms with Gasteiger partial charge in [0.25, 0.3) is 0 Å². The van der Waals surface area contributed by atoms with E-state index in [1.807, 2.05) is 13.8 Å². The summed E-state index contributed by atoms with van der Waals surface area (Å²) in [6.07, 6.45) is 2.02. The maximum absolute atomic E-state index is 13.1. The van der Waals surface area contributed by atoms with Gasteiger partial charge in [0.2, 0.25) is 0 Å². The summed E-state index contributed by atoms with van der Waals surface area (Å²) >= 11 is 0. The van der Waals surface area contributed by atoms with Crippen LogP contribution in [0.3, 0.4) is 0 Å². The maximum atomic E-state index is 13.1. The van der Waals surface area contributed by atoms with Crippen LogP contribution in [-0.4, -0.2) is 33.3 Å². The van der Waals surface area contributed by atoms with Crippen molar-refractivity contribution in [2.45, 2.75) is 30.4 Å². The molecule has 0 radical (unpaired) electrons. The molecule has 0 aliphatic carbocycles. The van der Waals surface area contributed by atoms with Crippen LogP contribution in [0.5, 0.6) is 0 Å². The summed E-state index contributed by atoms with van der Waals surface area (Å²) in [5, 5.41) is 3.55. The number of hydrogen-bond donors (Lipinski definition) is 2. The summed E-state index contributed by atoms with van der Waals surface area (Å²) < 4.78 is 44.2. The van der Waals surface area contributed by atoms with E-state index in [1.165, 1.54) is 18.4 Å². The average Bonchev–Trinajstić information content (AvgIpc) is 3.15. The first-order valence-corrected chi connectivity index (χ1v) is 10.4. The van der Waals surface area contributed by atoms with Crippen molar-refractivity contribution in [2.75, 3.05) is 13.1 Å². The fourth-order valence-corrected chi connectivity index (χ4v) is 4.03. The highest BCUT2D eigenvalue weighted by Gasteiger charge is 2.32. The smallest absolute Gasteiger partial charge is 0.309 e. The molecule has 7 nitrogen and oxygen atoms in total. The van der Waals surface area contributed by atoms with Crippen LogP contribution in [0.15, 0.2) is 52.0 Å². The number of carbonyl (C=O) groups excluding carboxylic acids is 2. The Bertz CT molecular complexity index is 893. The van der Waals surface area contributed by atoms with Crippen molar-refractivity contribution in [3.05, 3.63) is 54.2 Å². The molecule has 0 unspecified atom stereocenters. The first kappa shape index (κ1) is 21.6. The second-order valence-corrected chi connectivity index (χ2v) is 8.78. The van der Waals surface area contributed by atoms with E-state index in [4.69, 9.17) is 4.42 Å². The predicted molar refractivity (Wildman–Crippen MR) is 101 cm³/mol. The highest BCUT2D eigenvalue weighted by atomic mass is 32.2. The van der Waals surface area contributed by atoms with Crippen molar-refractivity contribution in [3.63, 3.8) is 0 Å². The van der Waals surface area contributed by atoms with Gasteiger partial charge >= 0.3 is 11.8 Å². The van der Waals surface area contributed by atoms with Gasteiger partial charge in [-0.05, 0) is 48.7 Å². The van der Waals surface area contributed by atoms with E-state index in [0.717, 1.165) is 24.3 Å². The SMILES string of the molecule is CC(C)CCNC(=O)C(=O)NC[C@H](c1ccco1)S(=O)(=O)c1ccc(F)cc1.